The van der Waals surface area contributed by atoms with Crippen LogP contribution in [0.5, 0.6) is 0 Å². The number of hydrogen-bond acceptors (Lipinski definition) is 2. The van der Waals surface area contributed by atoms with Gasteiger partial charge in [0.1, 0.15) is 5.82 Å². The van der Waals surface area contributed by atoms with E-state index in [1.165, 1.54) is 6.07 Å². The zero-order chi connectivity index (χ0) is 27.8. The lowest BCUT2D eigenvalue weighted by Gasteiger charge is -2.25. The van der Waals surface area contributed by atoms with Crippen molar-refractivity contribution in [1.82, 2.24) is 14.5 Å². The molecule has 1 heterocycles. The van der Waals surface area contributed by atoms with Crippen LogP contribution in [0.3, 0.4) is 0 Å². The molecule has 0 N–H and O–H groups in total. The molecule has 4 rings (SSSR count). The Morgan fingerprint density at radius 2 is 1.44 bits per heavy atom. The molecular weight excluding hydrogens is 519 g/mol. The second kappa shape index (κ2) is 13.3. The van der Waals surface area contributed by atoms with Crippen LogP contribution in [0, 0.1) is 0 Å². The van der Waals surface area contributed by atoms with Gasteiger partial charge in [-0.05, 0) is 31.0 Å². The van der Waals surface area contributed by atoms with Crippen LogP contribution in [0.2, 0.25) is 5.02 Å². The van der Waals surface area contributed by atoms with Gasteiger partial charge < -0.3 is 4.57 Å². The van der Waals surface area contributed by atoms with E-state index in [0.29, 0.717) is 18.7 Å². The Balaban J connectivity index is 1.81. The molecule has 1 aromatic heterocycles. The van der Waals surface area contributed by atoms with Crippen molar-refractivity contribution in [2.24, 2.45) is 0 Å². The molecule has 0 spiro atoms. The van der Waals surface area contributed by atoms with Crippen LogP contribution in [0.25, 0.3) is 22.6 Å². The second-order valence-corrected chi connectivity index (χ2v) is 10.2. The summed E-state index contributed by atoms with van der Waals surface area (Å²) in [5, 5.41) is -0.223. The lowest BCUT2D eigenvalue weighted by Crippen LogP contribution is -2.26. The Morgan fingerprint density at radius 1 is 0.795 bits per heavy atom. The molecule has 7 heteroatoms. The minimum absolute atomic E-state index is 0.223. The number of halogens is 4. The van der Waals surface area contributed by atoms with Crippen LogP contribution < -0.4 is 0 Å². The second-order valence-electron chi connectivity index (χ2n) is 9.81. The summed E-state index contributed by atoms with van der Waals surface area (Å²) in [7, 11) is 0. The van der Waals surface area contributed by atoms with Gasteiger partial charge in [-0.25, -0.2) is 4.98 Å². The quantitative estimate of drug-likeness (QED) is 0.174. The molecule has 39 heavy (non-hydrogen) atoms. The molecule has 0 bridgehead atoms. The monoisotopic (exact) mass is 553 g/mol. The number of benzene rings is 3. The molecular formula is C32H35ClF3N3. The van der Waals surface area contributed by atoms with E-state index in [4.69, 9.17) is 16.6 Å². The third kappa shape index (κ3) is 7.11. The molecule has 0 aliphatic rings. The van der Waals surface area contributed by atoms with Gasteiger partial charge in [0.2, 0.25) is 0 Å². The third-order valence-electron chi connectivity index (χ3n) is 6.87. The Bertz CT molecular complexity index is 1330. The fourth-order valence-electron chi connectivity index (χ4n) is 4.81. The van der Waals surface area contributed by atoms with Gasteiger partial charge in [-0.1, -0.05) is 111 Å². The fraction of sp³-hybridized carbons (Fsp3) is 0.344. The smallest absolute Gasteiger partial charge is 0.326 e. The summed E-state index contributed by atoms with van der Waals surface area (Å²) in [5.74, 6) is 0.908. The molecule has 0 radical (unpaired) electrons. The van der Waals surface area contributed by atoms with E-state index in [1.807, 2.05) is 36.4 Å². The summed E-state index contributed by atoms with van der Waals surface area (Å²) in [5.41, 5.74) is 3.72. The first-order valence-corrected chi connectivity index (χ1v) is 14.0. The number of hydrogen-bond donors (Lipinski definition) is 0. The first-order chi connectivity index (χ1) is 18.8. The SMILES string of the molecule is CCCCN(Cc1cccc(C(F)(F)F)c1Cl)Cc1c(-c2ccccc2)nc(-c2ccccc2)n1CCCC. The lowest BCUT2D eigenvalue weighted by atomic mass is 10.1. The van der Waals surface area contributed by atoms with E-state index >= 15 is 0 Å². The lowest BCUT2D eigenvalue weighted by molar-refractivity contribution is -0.137. The molecule has 3 aromatic carbocycles. The number of alkyl halides is 3. The molecule has 0 atom stereocenters. The molecule has 0 unspecified atom stereocenters. The van der Waals surface area contributed by atoms with Gasteiger partial charge in [-0.2, -0.15) is 13.2 Å². The zero-order valence-electron chi connectivity index (χ0n) is 22.5. The Labute approximate surface area is 234 Å². The third-order valence-corrected chi connectivity index (χ3v) is 7.31. The number of imidazole rings is 1. The van der Waals surface area contributed by atoms with Gasteiger partial charge in [0.25, 0.3) is 0 Å². The zero-order valence-corrected chi connectivity index (χ0v) is 23.3. The molecule has 0 aliphatic heterocycles. The molecule has 0 saturated carbocycles. The van der Waals surface area contributed by atoms with E-state index in [-0.39, 0.29) is 5.02 Å². The minimum atomic E-state index is -4.49. The van der Waals surface area contributed by atoms with Crippen molar-refractivity contribution in [3.8, 4) is 22.6 Å². The van der Waals surface area contributed by atoms with Crippen molar-refractivity contribution in [2.45, 2.75) is 65.3 Å². The fourth-order valence-corrected chi connectivity index (χ4v) is 5.10. The van der Waals surface area contributed by atoms with Gasteiger partial charge in [-0.3, -0.25) is 4.90 Å². The molecule has 206 valence electrons. The van der Waals surface area contributed by atoms with Gasteiger partial charge in [0, 0.05) is 30.8 Å². The number of nitrogens with zero attached hydrogens (tertiary/aromatic N) is 3. The van der Waals surface area contributed by atoms with Gasteiger partial charge in [0.05, 0.1) is 22.0 Å². The van der Waals surface area contributed by atoms with Crippen LogP contribution in [0.4, 0.5) is 13.2 Å². The summed E-state index contributed by atoms with van der Waals surface area (Å²) in [6, 6.07) is 24.4. The molecule has 0 fully saturated rings. The summed E-state index contributed by atoms with van der Waals surface area (Å²) in [6.07, 6.45) is -0.572. The first kappa shape index (κ1) is 28.9. The van der Waals surface area contributed by atoms with Crippen molar-refractivity contribution in [3.05, 3.63) is 101 Å². The van der Waals surface area contributed by atoms with Crippen molar-refractivity contribution in [1.29, 1.82) is 0 Å². The predicted octanol–water partition coefficient (Wildman–Crippen LogP) is 9.49. The normalized spacial score (nSPS) is 11.9. The Hall–Kier alpha value is -3.09. The summed E-state index contributed by atoms with van der Waals surface area (Å²) in [6.45, 7) is 6.68. The molecule has 4 aromatic rings. The molecule has 0 saturated heterocycles. The average Bonchev–Trinajstić information content (AvgIpc) is 3.29. The number of rotatable bonds is 12. The van der Waals surface area contributed by atoms with E-state index in [1.54, 1.807) is 6.07 Å². The molecule has 0 aliphatic carbocycles. The van der Waals surface area contributed by atoms with Gasteiger partial charge in [0.15, 0.2) is 0 Å². The number of unbranched alkanes of at least 4 members (excludes halogenated alkanes) is 2. The predicted molar refractivity (Wildman–Crippen MR) is 153 cm³/mol. The van der Waals surface area contributed by atoms with Crippen molar-refractivity contribution < 1.29 is 13.2 Å². The van der Waals surface area contributed by atoms with Crippen molar-refractivity contribution >= 4 is 11.6 Å². The highest BCUT2D eigenvalue weighted by Gasteiger charge is 2.34. The first-order valence-electron chi connectivity index (χ1n) is 13.6. The largest absolute Gasteiger partial charge is 0.417 e. The highest BCUT2D eigenvalue weighted by Crippen LogP contribution is 2.37. The van der Waals surface area contributed by atoms with Crippen LogP contribution in [-0.2, 0) is 25.8 Å². The maximum atomic E-state index is 13.6. The standard InChI is InChI=1S/C32H35ClF3N3/c1-3-5-20-38(22-26-18-13-19-27(29(26)33)32(34,35)36)23-28-30(24-14-9-7-10-15-24)37-31(39(28)21-6-4-2)25-16-11-8-12-17-25/h7-19H,3-6,20-23H2,1-2H3. The van der Waals surface area contributed by atoms with E-state index in [2.05, 4.69) is 47.6 Å². The highest BCUT2D eigenvalue weighted by atomic mass is 35.5. The highest BCUT2D eigenvalue weighted by molar-refractivity contribution is 6.32. The Morgan fingerprint density at radius 3 is 2.05 bits per heavy atom. The van der Waals surface area contributed by atoms with Crippen LogP contribution in [-0.4, -0.2) is 21.0 Å². The van der Waals surface area contributed by atoms with Crippen LogP contribution in [0.15, 0.2) is 78.9 Å². The summed E-state index contributed by atoms with van der Waals surface area (Å²) < 4.78 is 43.0. The van der Waals surface area contributed by atoms with Crippen molar-refractivity contribution in [3.63, 3.8) is 0 Å². The maximum absolute atomic E-state index is 13.6. The minimum Gasteiger partial charge on any atom is -0.326 e. The summed E-state index contributed by atoms with van der Waals surface area (Å²) >= 11 is 6.32. The van der Waals surface area contributed by atoms with E-state index in [9.17, 15) is 13.2 Å². The van der Waals surface area contributed by atoms with E-state index in [0.717, 1.165) is 73.2 Å². The Kier molecular flexibility index (Phi) is 9.87. The van der Waals surface area contributed by atoms with Crippen molar-refractivity contribution in [2.75, 3.05) is 6.54 Å². The van der Waals surface area contributed by atoms with Gasteiger partial charge >= 0.3 is 6.18 Å². The molecule has 3 nitrogen and oxygen atoms in total. The number of aromatic nitrogens is 2. The van der Waals surface area contributed by atoms with Gasteiger partial charge in [-0.15, -0.1) is 0 Å². The average molecular weight is 554 g/mol. The maximum Gasteiger partial charge on any atom is 0.417 e. The topological polar surface area (TPSA) is 21.1 Å². The molecule has 0 amide bonds. The summed E-state index contributed by atoms with van der Waals surface area (Å²) in [4.78, 5) is 7.37. The van der Waals surface area contributed by atoms with Crippen LogP contribution in [0.1, 0.15) is 56.4 Å². The van der Waals surface area contributed by atoms with E-state index < -0.39 is 11.7 Å². The van der Waals surface area contributed by atoms with Crippen LogP contribution >= 0.6 is 11.6 Å².